The fraction of sp³-hybridized carbons (Fsp3) is 0.381. The molecule has 0 N–H and O–H groups in total. The van der Waals surface area contributed by atoms with Gasteiger partial charge in [0.1, 0.15) is 6.10 Å². The summed E-state index contributed by atoms with van der Waals surface area (Å²) in [5.74, 6) is -0.0854. The van der Waals surface area contributed by atoms with Gasteiger partial charge >= 0.3 is 5.97 Å². The molecule has 0 aromatic heterocycles. The van der Waals surface area contributed by atoms with E-state index < -0.39 is 0 Å². The molecule has 2 aromatic carbocycles. The Morgan fingerprint density at radius 3 is 2.17 bits per heavy atom. The van der Waals surface area contributed by atoms with Crippen molar-refractivity contribution in [1.29, 1.82) is 0 Å². The van der Waals surface area contributed by atoms with Gasteiger partial charge in [0.2, 0.25) is 0 Å². The van der Waals surface area contributed by atoms with E-state index in [4.69, 9.17) is 4.74 Å². The summed E-state index contributed by atoms with van der Waals surface area (Å²) in [5, 5.41) is 0. The largest absolute Gasteiger partial charge is 0.457 e. The minimum Gasteiger partial charge on any atom is -0.457 e. The number of rotatable bonds is 6. The number of carbonyl (C=O) groups excluding carboxylic acids is 1. The Morgan fingerprint density at radius 1 is 0.957 bits per heavy atom. The molecule has 1 atom stereocenters. The second kappa shape index (κ2) is 7.45. The first-order valence-electron chi connectivity index (χ1n) is 8.65. The summed E-state index contributed by atoms with van der Waals surface area (Å²) < 4.78 is 5.32. The van der Waals surface area contributed by atoms with E-state index in [9.17, 15) is 4.79 Å². The molecule has 2 aromatic rings. The number of aryl methyl sites for hydroxylation is 1. The number of esters is 1. The molecular weight excluding hydrogens is 284 g/mol. The molecule has 0 spiro atoms. The monoisotopic (exact) mass is 308 g/mol. The van der Waals surface area contributed by atoms with Crippen LogP contribution < -0.4 is 0 Å². The standard InChI is InChI=1S/C21H24O2/c1-2-3-4-5-16-6-8-17(9-7-16)18-10-12-19(13-11-18)20-14-15-21(22)23-20/h6-13,20H,2-5,14-15H2,1H3/t20-/m0/s1. The molecule has 0 aliphatic carbocycles. The average Bonchev–Trinajstić information content (AvgIpc) is 3.02. The predicted octanol–water partition coefficient (Wildman–Crippen LogP) is 5.46. The van der Waals surface area contributed by atoms with Crippen LogP contribution in [0.2, 0.25) is 0 Å². The van der Waals surface area contributed by atoms with Crippen LogP contribution in [0.5, 0.6) is 0 Å². The molecule has 1 heterocycles. The van der Waals surface area contributed by atoms with Gasteiger partial charge in [-0.25, -0.2) is 0 Å². The van der Waals surface area contributed by atoms with Gasteiger partial charge in [0.25, 0.3) is 0 Å². The number of unbranched alkanes of at least 4 members (excludes halogenated alkanes) is 2. The Morgan fingerprint density at radius 2 is 1.61 bits per heavy atom. The first-order chi connectivity index (χ1) is 11.3. The van der Waals surface area contributed by atoms with E-state index in [0.717, 1.165) is 12.0 Å². The summed E-state index contributed by atoms with van der Waals surface area (Å²) in [6.45, 7) is 2.24. The van der Waals surface area contributed by atoms with Crippen molar-refractivity contribution in [1.82, 2.24) is 0 Å². The molecule has 120 valence electrons. The summed E-state index contributed by atoms with van der Waals surface area (Å²) in [6, 6.07) is 17.3. The minimum atomic E-state index is -0.0854. The van der Waals surface area contributed by atoms with E-state index in [2.05, 4.69) is 55.5 Å². The van der Waals surface area contributed by atoms with E-state index >= 15 is 0 Å². The number of carbonyl (C=O) groups is 1. The Balaban J connectivity index is 1.66. The number of hydrogen-bond donors (Lipinski definition) is 0. The fourth-order valence-electron chi connectivity index (χ4n) is 3.09. The van der Waals surface area contributed by atoms with Crippen LogP contribution in [0.25, 0.3) is 11.1 Å². The summed E-state index contributed by atoms with van der Waals surface area (Å²) in [6.07, 6.45) is 6.27. The van der Waals surface area contributed by atoms with Crippen molar-refractivity contribution in [3.63, 3.8) is 0 Å². The number of ether oxygens (including phenoxy) is 1. The van der Waals surface area contributed by atoms with Crippen LogP contribution in [0.3, 0.4) is 0 Å². The van der Waals surface area contributed by atoms with Crippen molar-refractivity contribution >= 4 is 5.97 Å². The fourth-order valence-corrected chi connectivity index (χ4v) is 3.09. The van der Waals surface area contributed by atoms with Crippen LogP contribution in [0.4, 0.5) is 0 Å². The quantitative estimate of drug-likeness (QED) is 0.523. The summed E-state index contributed by atoms with van der Waals surface area (Å²) in [7, 11) is 0. The van der Waals surface area contributed by atoms with Gasteiger partial charge in [-0.2, -0.15) is 0 Å². The van der Waals surface area contributed by atoms with Crippen LogP contribution in [0.15, 0.2) is 48.5 Å². The molecule has 0 amide bonds. The van der Waals surface area contributed by atoms with Gasteiger partial charge in [-0.1, -0.05) is 68.3 Å². The van der Waals surface area contributed by atoms with E-state index in [1.54, 1.807) is 0 Å². The van der Waals surface area contributed by atoms with Gasteiger partial charge < -0.3 is 4.74 Å². The molecule has 2 nitrogen and oxygen atoms in total. The Bertz CT molecular complexity index is 641. The molecule has 1 fully saturated rings. The Hall–Kier alpha value is -2.09. The third-order valence-electron chi connectivity index (χ3n) is 4.52. The highest BCUT2D eigenvalue weighted by Crippen LogP contribution is 2.31. The van der Waals surface area contributed by atoms with Crippen LogP contribution in [-0.2, 0) is 16.0 Å². The molecule has 3 rings (SSSR count). The lowest BCUT2D eigenvalue weighted by Gasteiger charge is -2.10. The van der Waals surface area contributed by atoms with E-state index in [-0.39, 0.29) is 12.1 Å². The second-order valence-corrected chi connectivity index (χ2v) is 6.29. The normalized spacial score (nSPS) is 17.3. The maximum Gasteiger partial charge on any atom is 0.306 e. The van der Waals surface area contributed by atoms with Crippen molar-refractivity contribution < 1.29 is 9.53 Å². The van der Waals surface area contributed by atoms with Gasteiger partial charge in [0.05, 0.1) is 0 Å². The Kier molecular flexibility index (Phi) is 5.12. The highest BCUT2D eigenvalue weighted by molar-refractivity contribution is 5.72. The molecule has 0 saturated carbocycles. The molecule has 2 heteroatoms. The maximum absolute atomic E-state index is 11.2. The lowest BCUT2D eigenvalue weighted by Crippen LogP contribution is -1.98. The lowest BCUT2D eigenvalue weighted by molar-refractivity contribution is -0.141. The summed E-state index contributed by atoms with van der Waals surface area (Å²) in [4.78, 5) is 11.2. The van der Waals surface area contributed by atoms with Gasteiger partial charge in [-0.3, -0.25) is 4.79 Å². The first kappa shape index (κ1) is 15.8. The zero-order chi connectivity index (χ0) is 16.1. The van der Waals surface area contributed by atoms with Crippen molar-refractivity contribution in [2.24, 2.45) is 0 Å². The minimum absolute atomic E-state index is 0.0579. The first-order valence-corrected chi connectivity index (χ1v) is 8.65. The van der Waals surface area contributed by atoms with Crippen LogP contribution in [0.1, 0.15) is 56.3 Å². The van der Waals surface area contributed by atoms with Gasteiger partial charge in [0.15, 0.2) is 0 Å². The van der Waals surface area contributed by atoms with Crippen LogP contribution in [0, 0.1) is 0 Å². The topological polar surface area (TPSA) is 26.3 Å². The molecule has 1 aliphatic rings. The number of cyclic esters (lactones) is 1. The van der Waals surface area contributed by atoms with Gasteiger partial charge in [0, 0.05) is 6.42 Å². The highest BCUT2D eigenvalue weighted by atomic mass is 16.5. The number of benzene rings is 2. The summed E-state index contributed by atoms with van der Waals surface area (Å²) in [5.41, 5.74) is 4.95. The van der Waals surface area contributed by atoms with Gasteiger partial charge in [-0.05, 0) is 41.5 Å². The van der Waals surface area contributed by atoms with Crippen molar-refractivity contribution in [3.05, 3.63) is 59.7 Å². The predicted molar refractivity (Wildman–Crippen MR) is 93.2 cm³/mol. The third-order valence-corrected chi connectivity index (χ3v) is 4.52. The zero-order valence-electron chi connectivity index (χ0n) is 13.8. The zero-order valence-corrected chi connectivity index (χ0v) is 13.8. The van der Waals surface area contributed by atoms with Crippen LogP contribution in [-0.4, -0.2) is 5.97 Å². The maximum atomic E-state index is 11.2. The molecule has 0 unspecified atom stereocenters. The number of hydrogen-bond acceptors (Lipinski definition) is 2. The smallest absolute Gasteiger partial charge is 0.306 e. The van der Waals surface area contributed by atoms with Crippen molar-refractivity contribution in [2.75, 3.05) is 0 Å². The van der Waals surface area contributed by atoms with Crippen molar-refractivity contribution in [2.45, 2.75) is 51.6 Å². The molecule has 0 radical (unpaired) electrons. The average molecular weight is 308 g/mol. The van der Waals surface area contributed by atoms with E-state index in [1.165, 1.54) is 42.4 Å². The lowest BCUT2D eigenvalue weighted by atomic mass is 9.99. The molecule has 1 saturated heterocycles. The summed E-state index contributed by atoms with van der Waals surface area (Å²) >= 11 is 0. The Labute approximate surface area is 138 Å². The third kappa shape index (κ3) is 4.01. The highest BCUT2D eigenvalue weighted by Gasteiger charge is 2.24. The molecule has 23 heavy (non-hydrogen) atoms. The van der Waals surface area contributed by atoms with Gasteiger partial charge in [-0.15, -0.1) is 0 Å². The second-order valence-electron chi connectivity index (χ2n) is 6.29. The van der Waals surface area contributed by atoms with Crippen LogP contribution >= 0.6 is 0 Å². The van der Waals surface area contributed by atoms with E-state index in [1.807, 2.05) is 0 Å². The molecular formula is C21H24O2. The molecule has 0 bridgehead atoms. The molecule has 1 aliphatic heterocycles. The SMILES string of the molecule is CCCCCc1ccc(-c2ccc([C@@H]3CCC(=O)O3)cc2)cc1. The van der Waals surface area contributed by atoms with E-state index in [0.29, 0.717) is 6.42 Å². The van der Waals surface area contributed by atoms with Crippen molar-refractivity contribution in [3.8, 4) is 11.1 Å².